The van der Waals surface area contributed by atoms with E-state index < -0.39 is 5.91 Å². The number of hydrogen-bond acceptors (Lipinski definition) is 6. The fourth-order valence-electron chi connectivity index (χ4n) is 2.88. The minimum absolute atomic E-state index is 0.00549. The van der Waals surface area contributed by atoms with Gasteiger partial charge in [0.25, 0.3) is 17.2 Å². The third kappa shape index (κ3) is 3.92. The lowest BCUT2D eigenvalue weighted by Gasteiger charge is -2.13. The summed E-state index contributed by atoms with van der Waals surface area (Å²) in [7, 11) is 0. The van der Waals surface area contributed by atoms with E-state index in [1.54, 1.807) is 41.3 Å². The largest absolute Gasteiger partial charge is 0.485 e. The van der Waals surface area contributed by atoms with Gasteiger partial charge in [0, 0.05) is 17.1 Å². The Morgan fingerprint density at radius 2 is 2.13 bits per heavy atom. The number of aromatic nitrogens is 4. The second-order valence-electron chi connectivity index (χ2n) is 6.78. The predicted octanol–water partition coefficient (Wildman–Crippen LogP) is 3.55. The van der Waals surface area contributed by atoms with E-state index in [1.807, 2.05) is 13.8 Å². The molecule has 0 fully saturated rings. The number of nitrogens with one attached hydrogen (secondary N) is 1. The lowest BCUT2D eigenvalue weighted by atomic mass is 10.2. The SMILES string of the molecule is CC(C)n1cnc2nc(COc3ccc(Cl)cc3NC(=O)c3ccco3)cc(=O)n21. The quantitative estimate of drug-likeness (QED) is 0.504. The Morgan fingerprint density at radius 3 is 2.87 bits per heavy atom. The van der Waals surface area contributed by atoms with Crippen LogP contribution in [0, 0.1) is 0 Å². The summed E-state index contributed by atoms with van der Waals surface area (Å²) in [4.78, 5) is 33.4. The van der Waals surface area contributed by atoms with Gasteiger partial charge in [-0.05, 0) is 44.2 Å². The lowest BCUT2D eigenvalue weighted by Crippen LogP contribution is -2.23. The lowest BCUT2D eigenvalue weighted by molar-refractivity contribution is 0.0996. The minimum Gasteiger partial charge on any atom is -0.485 e. The predicted molar refractivity (Wildman–Crippen MR) is 110 cm³/mol. The smallest absolute Gasteiger partial charge is 0.291 e. The van der Waals surface area contributed by atoms with Crippen molar-refractivity contribution in [2.24, 2.45) is 0 Å². The van der Waals surface area contributed by atoms with Crippen LogP contribution in [0.3, 0.4) is 0 Å². The van der Waals surface area contributed by atoms with Crippen LogP contribution in [0.2, 0.25) is 5.02 Å². The summed E-state index contributed by atoms with van der Waals surface area (Å²) in [5.74, 6) is 0.372. The number of amides is 1. The van der Waals surface area contributed by atoms with Crippen molar-refractivity contribution in [1.82, 2.24) is 19.2 Å². The van der Waals surface area contributed by atoms with Gasteiger partial charge in [-0.15, -0.1) is 0 Å². The van der Waals surface area contributed by atoms with Gasteiger partial charge in [-0.1, -0.05) is 11.6 Å². The summed E-state index contributed by atoms with van der Waals surface area (Å²) in [6.07, 6.45) is 2.98. The number of nitrogens with zero attached hydrogens (tertiary/aromatic N) is 4. The highest BCUT2D eigenvalue weighted by atomic mass is 35.5. The van der Waals surface area contributed by atoms with E-state index in [9.17, 15) is 9.59 Å². The van der Waals surface area contributed by atoms with Crippen LogP contribution in [0.25, 0.3) is 5.78 Å². The Kier molecular flexibility index (Phi) is 5.28. The highest BCUT2D eigenvalue weighted by molar-refractivity contribution is 6.31. The zero-order valence-corrected chi connectivity index (χ0v) is 17.0. The van der Waals surface area contributed by atoms with E-state index in [4.69, 9.17) is 20.8 Å². The van der Waals surface area contributed by atoms with Crippen molar-refractivity contribution in [3.05, 3.63) is 75.8 Å². The standard InChI is InChI=1S/C20H18ClN5O4/c1-12(2)25-11-22-20-23-14(9-18(27)26(20)25)10-30-16-6-5-13(21)8-15(16)24-19(28)17-4-3-7-29-17/h3-9,11-12H,10H2,1-2H3,(H,24,28). The molecule has 0 unspecified atom stereocenters. The van der Waals surface area contributed by atoms with Gasteiger partial charge in [-0.25, -0.2) is 4.98 Å². The average Bonchev–Trinajstić information content (AvgIpc) is 3.37. The van der Waals surface area contributed by atoms with Crippen molar-refractivity contribution in [3.63, 3.8) is 0 Å². The van der Waals surface area contributed by atoms with Gasteiger partial charge < -0.3 is 14.5 Å². The number of hydrogen-bond donors (Lipinski definition) is 1. The van der Waals surface area contributed by atoms with Gasteiger partial charge in [0.2, 0.25) is 0 Å². The molecule has 3 heterocycles. The molecule has 0 atom stereocenters. The minimum atomic E-state index is -0.441. The first kappa shape index (κ1) is 19.7. The molecule has 154 valence electrons. The summed E-state index contributed by atoms with van der Waals surface area (Å²) < 4.78 is 14.0. The third-order valence-electron chi connectivity index (χ3n) is 4.29. The van der Waals surface area contributed by atoms with Crippen LogP contribution in [0.1, 0.15) is 36.1 Å². The van der Waals surface area contributed by atoms with Crippen LogP contribution < -0.4 is 15.6 Å². The molecule has 0 aliphatic rings. The Bertz CT molecular complexity index is 1260. The summed E-state index contributed by atoms with van der Waals surface area (Å²) in [5, 5.41) is 3.13. The number of benzene rings is 1. The normalized spacial score (nSPS) is 11.2. The Balaban J connectivity index is 1.56. The Hall–Kier alpha value is -3.59. The van der Waals surface area contributed by atoms with E-state index in [-0.39, 0.29) is 29.7 Å². The zero-order chi connectivity index (χ0) is 21.3. The highest BCUT2D eigenvalue weighted by Crippen LogP contribution is 2.29. The molecule has 1 aromatic carbocycles. The molecule has 1 N–H and O–H groups in total. The Morgan fingerprint density at radius 1 is 1.30 bits per heavy atom. The van der Waals surface area contributed by atoms with E-state index in [1.165, 1.54) is 16.8 Å². The van der Waals surface area contributed by atoms with Crippen LogP contribution in [-0.4, -0.2) is 25.1 Å². The average molecular weight is 428 g/mol. The van der Waals surface area contributed by atoms with Gasteiger partial charge >= 0.3 is 0 Å². The van der Waals surface area contributed by atoms with Gasteiger partial charge in [-0.2, -0.15) is 9.50 Å². The molecular formula is C20H18ClN5O4. The van der Waals surface area contributed by atoms with Crippen LogP contribution >= 0.6 is 11.6 Å². The molecule has 0 saturated carbocycles. The number of rotatable bonds is 6. The topological polar surface area (TPSA) is 104 Å². The molecule has 0 aliphatic carbocycles. The molecule has 3 aromatic heterocycles. The number of fused-ring (bicyclic) bond motifs is 1. The van der Waals surface area contributed by atoms with Gasteiger partial charge in [0.05, 0.1) is 17.6 Å². The van der Waals surface area contributed by atoms with E-state index >= 15 is 0 Å². The molecule has 0 spiro atoms. The monoisotopic (exact) mass is 427 g/mol. The third-order valence-corrected chi connectivity index (χ3v) is 4.53. The van der Waals surface area contributed by atoms with Crippen molar-refractivity contribution in [2.45, 2.75) is 26.5 Å². The molecule has 0 radical (unpaired) electrons. The van der Waals surface area contributed by atoms with E-state index in [2.05, 4.69) is 15.3 Å². The van der Waals surface area contributed by atoms with Crippen molar-refractivity contribution in [3.8, 4) is 5.75 Å². The number of ether oxygens (including phenoxy) is 1. The maximum absolute atomic E-state index is 12.5. The van der Waals surface area contributed by atoms with Gasteiger partial charge in [0.1, 0.15) is 18.7 Å². The second kappa shape index (κ2) is 8.03. The number of carbonyl (C=O) groups is 1. The molecule has 0 aliphatic heterocycles. The molecular weight excluding hydrogens is 410 g/mol. The van der Waals surface area contributed by atoms with Crippen molar-refractivity contribution in [2.75, 3.05) is 5.32 Å². The number of halogens is 1. The Labute approximate surface area is 175 Å². The van der Waals surface area contributed by atoms with Crippen LogP contribution in [0.4, 0.5) is 5.69 Å². The van der Waals surface area contributed by atoms with Crippen LogP contribution in [0.5, 0.6) is 5.75 Å². The van der Waals surface area contributed by atoms with Gasteiger partial charge in [0.15, 0.2) is 5.76 Å². The summed E-state index contributed by atoms with van der Waals surface area (Å²) in [6.45, 7) is 3.90. The summed E-state index contributed by atoms with van der Waals surface area (Å²) >= 11 is 6.06. The second-order valence-corrected chi connectivity index (χ2v) is 7.21. The molecule has 4 aromatic rings. The molecule has 4 rings (SSSR count). The first-order chi connectivity index (χ1) is 14.4. The fourth-order valence-corrected chi connectivity index (χ4v) is 3.05. The highest BCUT2D eigenvalue weighted by Gasteiger charge is 2.14. The first-order valence-electron chi connectivity index (χ1n) is 9.15. The fraction of sp³-hybridized carbons (Fsp3) is 0.200. The first-order valence-corrected chi connectivity index (χ1v) is 9.53. The van der Waals surface area contributed by atoms with Crippen molar-refractivity contribution < 1.29 is 13.9 Å². The molecule has 0 saturated heterocycles. The number of anilines is 1. The summed E-state index contributed by atoms with van der Waals surface area (Å²) in [6, 6.07) is 9.44. The maximum atomic E-state index is 12.5. The van der Waals surface area contributed by atoms with E-state index in [0.29, 0.717) is 22.2 Å². The van der Waals surface area contributed by atoms with Crippen LogP contribution in [0.15, 0.2) is 58.2 Å². The number of furan rings is 1. The molecule has 10 heteroatoms. The summed E-state index contributed by atoms with van der Waals surface area (Å²) in [5.41, 5.74) is 0.519. The number of carbonyl (C=O) groups excluding carboxylic acids is 1. The molecule has 0 bridgehead atoms. The zero-order valence-electron chi connectivity index (χ0n) is 16.2. The molecule has 1 amide bonds. The van der Waals surface area contributed by atoms with E-state index in [0.717, 1.165) is 0 Å². The molecule has 30 heavy (non-hydrogen) atoms. The van der Waals surface area contributed by atoms with Crippen molar-refractivity contribution in [1.29, 1.82) is 0 Å². The maximum Gasteiger partial charge on any atom is 0.291 e. The van der Waals surface area contributed by atoms with Crippen LogP contribution in [-0.2, 0) is 6.61 Å². The van der Waals surface area contributed by atoms with Crippen molar-refractivity contribution >= 4 is 29.0 Å². The molecule has 9 nitrogen and oxygen atoms in total. The van der Waals surface area contributed by atoms with Gasteiger partial charge in [-0.3, -0.25) is 14.3 Å².